The first-order chi connectivity index (χ1) is 7.70. The SMILES string of the molecule is CN(C)C1CCN(c2ccc(CN)cn2)C1. The molecule has 4 heteroatoms. The topological polar surface area (TPSA) is 45.4 Å². The summed E-state index contributed by atoms with van der Waals surface area (Å²) in [4.78, 5) is 9.08. The molecule has 0 amide bonds. The molecule has 1 unspecified atom stereocenters. The number of aromatic nitrogens is 1. The Hall–Kier alpha value is -1.13. The summed E-state index contributed by atoms with van der Waals surface area (Å²) in [6, 6.07) is 4.78. The highest BCUT2D eigenvalue weighted by Gasteiger charge is 2.24. The Bertz CT molecular complexity index is 333. The second-order valence-electron chi connectivity index (χ2n) is 4.58. The van der Waals surface area contributed by atoms with Gasteiger partial charge in [0.1, 0.15) is 5.82 Å². The highest BCUT2D eigenvalue weighted by Crippen LogP contribution is 2.20. The lowest BCUT2D eigenvalue weighted by molar-refractivity contribution is 0.315. The number of pyridine rings is 1. The molecule has 1 aromatic rings. The molecule has 4 nitrogen and oxygen atoms in total. The van der Waals surface area contributed by atoms with Gasteiger partial charge in [-0.3, -0.25) is 0 Å². The smallest absolute Gasteiger partial charge is 0.128 e. The number of hydrogen-bond donors (Lipinski definition) is 1. The molecule has 0 spiro atoms. The predicted octanol–water partition coefficient (Wildman–Crippen LogP) is 0.681. The van der Waals surface area contributed by atoms with E-state index in [0.29, 0.717) is 12.6 Å². The zero-order valence-corrected chi connectivity index (χ0v) is 10.1. The van der Waals surface area contributed by atoms with Crippen molar-refractivity contribution in [2.75, 3.05) is 32.1 Å². The highest BCUT2D eigenvalue weighted by molar-refractivity contribution is 5.40. The quantitative estimate of drug-likeness (QED) is 0.813. The second kappa shape index (κ2) is 4.80. The first kappa shape index (κ1) is 11.4. The molecule has 88 valence electrons. The molecule has 1 fully saturated rings. The van der Waals surface area contributed by atoms with E-state index in [1.54, 1.807) is 0 Å². The summed E-state index contributed by atoms with van der Waals surface area (Å²) in [5.41, 5.74) is 6.64. The van der Waals surface area contributed by atoms with Crippen molar-refractivity contribution in [3.63, 3.8) is 0 Å². The van der Waals surface area contributed by atoms with Crippen LogP contribution in [-0.4, -0.2) is 43.1 Å². The van der Waals surface area contributed by atoms with E-state index in [9.17, 15) is 0 Å². The molecule has 0 aromatic carbocycles. The summed E-state index contributed by atoms with van der Waals surface area (Å²) in [7, 11) is 4.28. The standard InChI is InChI=1S/C12H20N4/c1-15(2)11-5-6-16(9-11)12-4-3-10(7-13)8-14-12/h3-4,8,11H,5-7,9,13H2,1-2H3. The van der Waals surface area contributed by atoms with Gasteiger partial charge < -0.3 is 15.5 Å². The van der Waals surface area contributed by atoms with Gasteiger partial charge in [-0.25, -0.2) is 4.98 Å². The van der Waals surface area contributed by atoms with Crippen LogP contribution in [0.4, 0.5) is 5.82 Å². The Morgan fingerprint density at radius 2 is 2.31 bits per heavy atom. The Morgan fingerprint density at radius 3 is 2.81 bits per heavy atom. The van der Waals surface area contributed by atoms with Crippen LogP contribution in [0.1, 0.15) is 12.0 Å². The third-order valence-electron chi connectivity index (χ3n) is 3.26. The maximum Gasteiger partial charge on any atom is 0.128 e. The molecule has 0 saturated carbocycles. The third-order valence-corrected chi connectivity index (χ3v) is 3.26. The van der Waals surface area contributed by atoms with E-state index < -0.39 is 0 Å². The minimum atomic E-state index is 0.563. The summed E-state index contributed by atoms with van der Waals surface area (Å²) in [5.74, 6) is 1.07. The lowest BCUT2D eigenvalue weighted by Crippen LogP contribution is -2.31. The molecule has 1 atom stereocenters. The molecule has 2 N–H and O–H groups in total. The van der Waals surface area contributed by atoms with Crippen molar-refractivity contribution in [1.29, 1.82) is 0 Å². The fourth-order valence-corrected chi connectivity index (χ4v) is 2.10. The number of nitrogens with zero attached hydrogens (tertiary/aromatic N) is 3. The average molecular weight is 220 g/mol. The minimum Gasteiger partial charge on any atom is -0.355 e. The number of likely N-dealkylation sites (N-methyl/N-ethyl adjacent to an activating group) is 1. The molecule has 1 aromatic heterocycles. The zero-order chi connectivity index (χ0) is 11.5. The van der Waals surface area contributed by atoms with Gasteiger partial charge in [0.25, 0.3) is 0 Å². The fraction of sp³-hybridized carbons (Fsp3) is 0.583. The van der Waals surface area contributed by atoms with Crippen LogP contribution in [0.3, 0.4) is 0 Å². The minimum absolute atomic E-state index is 0.563. The molecule has 2 rings (SSSR count). The normalized spacial score (nSPS) is 20.8. The molecule has 1 aliphatic rings. The third kappa shape index (κ3) is 2.33. The highest BCUT2D eigenvalue weighted by atomic mass is 15.3. The van der Waals surface area contributed by atoms with Crippen LogP contribution in [0.15, 0.2) is 18.3 Å². The van der Waals surface area contributed by atoms with Crippen molar-refractivity contribution < 1.29 is 0 Å². The molecule has 0 aliphatic carbocycles. The van der Waals surface area contributed by atoms with Crippen molar-refractivity contribution >= 4 is 5.82 Å². The van der Waals surface area contributed by atoms with E-state index in [1.807, 2.05) is 6.20 Å². The van der Waals surface area contributed by atoms with E-state index in [4.69, 9.17) is 5.73 Å². The number of hydrogen-bond acceptors (Lipinski definition) is 4. The maximum absolute atomic E-state index is 5.55. The van der Waals surface area contributed by atoms with E-state index in [2.05, 4.69) is 41.0 Å². The zero-order valence-electron chi connectivity index (χ0n) is 10.1. The van der Waals surface area contributed by atoms with E-state index in [-0.39, 0.29) is 0 Å². The van der Waals surface area contributed by atoms with Gasteiger partial charge in [-0.05, 0) is 32.1 Å². The summed E-state index contributed by atoms with van der Waals surface area (Å²) in [6.07, 6.45) is 3.09. The fourth-order valence-electron chi connectivity index (χ4n) is 2.10. The number of nitrogens with two attached hydrogens (primary N) is 1. The van der Waals surface area contributed by atoms with Gasteiger partial charge in [0.05, 0.1) is 0 Å². The molecular formula is C12H20N4. The van der Waals surface area contributed by atoms with Gasteiger partial charge in [-0.2, -0.15) is 0 Å². The van der Waals surface area contributed by atoms with Crippen LogP contribution in [-0.2, 0) is 6.54 Å². The number of anilines is 1. The van der Waals surface area contributed by atoms with Crippen molar-refractivity contribution in [2.45, 2.75) is 19.0 Å². The first-order valence-corrected chi connectivity index (χ1v) is 5.77. The van der Waals surface area contributed by atoms with E-state index in [1.165, 1.54) is 6.42 Å². The summed E-state index contributed by atoms with van der Waals surface area (Å²) < 4.78 is 0. The van der Waals surface area contributed by atoms with Crippen molar-refractivity contribution in [3.05, 3.63) is 23.9 Å². The van der Waals surface area contributed by atoms with Crippen LogP contribution < -0.4 is 10.6 Å². The lowest BCUT2D eigenvalue weighted by atomic mass is 10.2. The Morgan fingerprint density at radius 1 is 1.50 bits per heavy atom. The molecule has 0 radical (unpaired) electrons. The van der Waals surface area contributed by atoms with Gasteiger partial charge in [-0.1, -0.05) is 6.07 Å². The van der Waals surface area contributed by atoms with Crippen LogP contribution in [0, 0.1) is 0 Å². The first-order valence-electron chi connectivity index (χ1n) is 5.77. The largest absolute Gasteiger partial charge is 0.355 e. The number of rotatable bonds is 3. The maximum atomic E-state index is 5.55. The lowest BCUT2D eigenvalue weighted by Gasteiger charge is -2.21. The molecule has 1 saturated heterocycles. The second-order valence-corrected chi connectivity index (χ2v) is 4.58. The van der Waals surface area contributed by atoms with Crippen LogP contribution in [0.25, 0.3) is 0 Å². The van der Waals surface area contributed by atoms with E-state index in [0.717, 1.165) is 24.5 Å². The summed E-state index contributed by atoms with van der Waals surface area (Å²) in [6.45, 7) is 2.73. The van der Waals surface area contributed by atoms with Gasteiger partial charge in [-0.15, -0.1) is 0 Å². The monoisotopic (exact) mass is 220 g/mol. The molecule has 16 heavy (non-hydrogen) atoms. The van der Waals surface area contributed by atoms with E-state index >= 15 is 0 Å². The summed E-state index contributed by atoms with van der Waals surface area (Å²) >= 11 is 0. The van der Waals surface area contributed by atoms with Crippen LogP contribution in [0.5, 0.6) is 0 Å². The molecule has 1 aliphatic heterocycles. The van der Waals surface area contributed by atoms with Gasteiger partial charge in [0.15, 0.2) is 0 Å². The van der Waals surface area contributed by atoms with Crippen molar-refractivity contribution in [3.8, 4) is 0 Å². The predicted molar refractivity (Wildman–Crippen MR) is 66.4 cm³/mol. The van der Waals surface area contributed by atoms with Crippen LogP contribution in [0.2, 0.25) is 0 Å². The van der Waals surface area contributed by atoms with Crippen molar-refractivity contribution in [1.82, 2.24) is 9.88 Å². The Balaban J connectivity index is 2.03. The van der Waals surface area contributed by atoms with Gasteiger partial charge in [0, 0.05) is 31.9 Å². The Labute approximate surface area is 97.1 Å². The Kier molecular flexibility index (Phi) is 3.41. The summed E-state index contributed by atoms with van der Waals surface area (Å²) in [5, 5.41) is 0. The molecular weight excluding hydrogens is 200 g/mol. The van der Waals surface area contributed by atoms with Crippen LogP contribution >= 0.6 is 0 Å². The average Bonchev–Trinajstić information content (AvgIpc) is 2.78. The van der Waals surface area contributed by atoms with Gasteiger partial charge in [0.2, 0.25) is 0 Å². The molecule has 2 heterocycles. The molecule has 0 bridgehead atoms. The van der Waals surface area contributed by atoms with Gasteiger partial charge >= 0.3 is 0 Å². The van der Waals surface area contributed by atoms with Crippen molar-refractivity contribution in [2.24, 2.45) is 5.73 Å².